The van der Waals surface area contributed by atoms with Crippen LogP contribution in [0.15, 0.2) is 18.2 Å². The third kappa shape index (κ3) is 3.05. The van der Waals surface area contributed by atoms with Gasteiger partial charge in [0, 0.05) is 32.7 Å². The molecule has 0 bridgehead atoms. The lowest BCUT2D eigenvalue weighted by Crippen LogP contribution is -2.43. The maximum atomic E-state index is 13.2. The second kappa shape index (κ2) is 5.46. The highest BCUT2D eigenvalue weighted by molar-refractivity contribution is 5.88. The van der Waals surface area contributed by atoms with Crippen molar-refractivity contribution in [3.63, 3.8) is 0 Å². The van der Waals surface area contributed by atoms with Crippen molar-refractivity contribution in [3.05, 3.63) is 35.1 Å². The van der Waals surface area contributed by atoms with E-state index in [1.54, 1.807) is 6.07 Å². The fraction of sp³-hybridized carbons (Fsp3) is 0.462. The first-order valence-corrected chi connectivity index (χ1v) is 5.99. The van der Waals surface area contributed by atoms with Gasteiger partial charge >= 0.3 is 5.97 Å². The quantitative estimate of drug-likeness (QED) is 0.880. The number of nitrogens with zero attached hydrogens (tertiary/aromatic N) is 2. The minimum atomic E-state index is -1.22. The summed E-state index contributed by atoms with van der Waals surface area (Å²) in [6.45, 7) is 4.60. The van der Waals surface area contributed by atoms with E-state index in [2.05, 4.69) is 16.8 Å². The van der Waals surface area contributed by atoms with Crippen LogP contribution < -0.4 is 0 Å². The molecule has 0 unspecified atom stereocenters. The van der Waals surface area contributed by atoms with Gasteiger partial charge in [-0.15, -0.1) is 0 Å². The molecule has 0 aromatic heterocycles. The number of rotatable bonds is 3. The Hall–Kier alpha value is -1.46. The third-order valence-electron chi connectivity index (χ3n) is 3.26. The second-order valence-corrected chi connectivity index (χ2v) is 4.70. The number of hydrogen-bond acceptors (Lipinski definition) is 3. The number of halogens is 1. The number of carboxylic acids is 1. The van der Waals surface area contributed by atoms with E-state index in [0.717, 1.165) is 31.7 Å². The Morgan fingerprint density at radius 1 is 1.33 bits per heavy atom. The molecule has 0 atom stereocenters. The number of aromatic carboxylic acids is 1. The van der Waals surface area contributed by atoms with E-state index >= 15 is 0 Å². The van der Waals surface area contributed by atoms with Crippen molar-refractivity contribution in [1.82, 2.24) is 9.80 Å². The van der Waals surface area contributed by atoms with E-state index < -0.39 is 11.8 Å². The van der Waals surface area contributed by atoms with Crippen LogP contribution in [0.1, 0.15) is 15.9 Å². The van der Waals surface area contributed by atoms with Gasteiger partial charge in [0.15, 0.2) is 0 Å². The zero-order valence-electron chi connectivity index (χ0n) is 10.4. The summed E-state index contributed by atoms with van der Waals surface area (Å²) in [6.07, 6.45) is 0. The number of carbonyl (C=O) groups is 1. The molecule has 0 aliphatic carbocycles. The van der Waals surface area contributed by atoms with Crippen LogP contribution in [0, 0.1) is 5.82 Å². The van der Waals surface area contributed by atoms with Crippen molar-refractivity contribution < 1.29 is 14.3 Å². The summed E-state index contributed by atoms with van der Waals surface area (Å²) in [4.78, 5) is 15.4. The summed E-state index contributed by atoms with van der Waals surface area (Å²) in [7, 11) is 2.08. The number of hydrogen-bond donors (Lipinski definition) is 1. The molecule has 1 aliphatic heterocycles. The molecule has 18 heavy (non-hydrogen) atoms. The molecule has 2 rings (SSSR count). The lowest BCUT2D eigenvalue weighted by atomic mass is 10.1. The van der Waals surface area contributed by atoms with Gasteiger partial charge < -0.3 is 10.0 Å². The van der Waals surface area contributed by atoms with E-state index in [0.29, 0.717) is 6.54 Å². The highest BCUT2D eigenvalue weighted by Gasteiger charge is 2.16. The summed E-state index contributed by atoms with van der Waals surface area (Å²) < 4.78 is 13.2. The SMILES string of the molecule is CN1CCN(Cc2ccc(F)c(C(=O)O)c2)CC1. The number of carboxylic acid groups (broad SMARTS) is 1. The van der Waals surface area contributed by atoms with Crippen LogP contribution >= 0.6 is 0 Å². The van der Waals surface area contributed by atoms with E-state index in [9.17, 15) is 9.18 Å². The standard InChI is InChI=1S/C13H17FN2O2/c1-15-4-6-16(7-5-15)9-10-2-3-12(14)11(8-10)13(17)18/h2-3,8H,4-7,9H2,1H3,(H,17,18). The molecule has 0 spiro atoms. The lowest BCUT2D eigenvalue weighted by Gasteiger charge is -2.32. The predicted octanol–water partition coefficient (Wildman–Crippen LogP) is 1.27. The van der Waals surface area contributed by atoms with Gasteiger partial charge in [0.05, 0.1) is 5.56 Å². The first kappa shape index (κ1) is 13.0. The molecule has 1 heterocycles. The van der Waals surface area contributed by atoms with Crippen LogP contribution in [-0.2, 0) is 6.54 Å². The predicted molar refractivity (Wildman–Crippen MR) is 66.1 cm³/mol. The highest BCUT2D eigenvalue weighted by atomic mass is 19.1. The molecule has 1 saturated heterocycles. The summed E-state index contributed by atoms with van der Waals surface area (Å²) in [6, 6.07) is 4.31. The van der Waals surface area contributed by atoms with Crippen molar-refractivity contribution in [3.8, 4) is 0 Å². The summed E-state index contributed by atoms with van der Waals surface area (Å²) in [5.41, 5.74) is 0.597. The molecule has 4 nitrogen and oxygen atoms in total. The molecular formula is C13H17FN2O2. The van der Waals surface area contributed by atoms with E-state index in [-0.39, 0.29) is 5.56 Å². The molecule has 98 valence electrons. The lowest BCUT2D eigenvalue weighted by molar-refractivity contribution is 0.0691. The summed E-state index contributed by atoms with van der Waals surface area (Å²) in [5.74, 6) is -1.89. The number of benzene rings is 1. The topological polar surface area (TPSA) is 43.8 Å². The second-order valence-electron chi connectivity index (χ2n) is 4.70. The Bertz CT molecular complexity index is 443. The van der Waals surface area contributed by atoms with Gasteiger partial charge in [-0.25, -0.2) is 9.18 Å². The molecule has 1 aromatic carbocycles. The van der Waals surface area contributed by atoms with Gasteiger partial charge in [-0.1, -0.05) is 6.07 Å². The molecule has 0 amide bonds. The van der Waals surface area contributed by atoms with Gasteiger partial charge in [-0.3, -0.25) is 4.90 Å². The van der Waals surface area contributed by atoms with E-state index in [1.807, 2.05) is 0 Å². The van der Waals surface area contributed by atoms with Crippen LogP contribution in [0.2, 0.25) is 0 Å². The number of piperazine rings is 1. The van der Waals surface area contributed by atoms with Crippen molar-refractivity contribution in [2.24, 2.45) is 0 Å². The van der Waals surface area contributed by atoms with E-state index in [4.69, 9.17) is 5.11 Å². The Morgan fingerprint density at radius 3 is 2.61 bits per heavy atom. The zero-order chi connectivity index (χ0) is 13.1. The average Bonchev–Trinajstić information content (AvgIpc) is 2.34. The molecule has 1 N–H and O–H groups in total. The minimum Gasteiger partial charge on any atom is -0.478 e. The molecule has 0 radical (unpaired) electrons. The van der Waals surface area contributed by atoms with Crippen LogP contribution in [-0.4, -0.2) is 54.1 Å². The Labute approximate surface area is 106 Å². The fourth-order valence-electron chi connectivity index (χ4n) is 2.10. The zero-order valence-corrected chi connectivity index (χ0v) is 10.4. The molecule has 5 heteroatoms. The monoisotopic (exact) mass is 252 g/mol. The smallest absolute Gasteiger partial charge is 0.338 e. The van der Waals surface area contributed by atoms with Gasteiger partial charge in [-0.2, -0.15) is 0 Å². The molecule has 1 fully saturated rings. The Balaban J connectivity index is 2.05. The summed E-state index contributed by atoms with van der Waals surface area (Å²) in [5, 5.41) is 8.87. The van der Waals surface area contributed by atoms with Crippen molar-refractivity contribution >= 4 is 5.97 Å². The first-order valence-electron chi connectivity index (χ1n) is 5.99. The highest BCUT2D eigenvalue weighted by Crippen LogP contribution is 2.13. The first-order chi connectivity index (χ1) is 8.56. The minimum absolute atomic E-state index is 0.248. The van der Waals surface area contributed by atoms with Crippen molar-refractivity contribution in [2.45, 2.75) is 6.54 Å². The van der Waals surface area contributed by atoms with Crippen LogP contribution in [0.3, 0.4) is 0 Å². The normalized spacial score (nSPS) is 17.9. The molecule has 0 saturated carbocycles. The maximum Gasteiger partial charge on any atom is 0.338 e. The summed E-state index contributed by atoms with van der Waals surface area (Å²) >= 11 is 0. The average molecular weight is 252 g/mol. The molecular weight excluding hydrogens is 235 g/mol. The van der Waals surface area contributed by atoms with Crippen LogP contribution in [0.25, 0.3) is 0 Å². The molecule has 1 aliphatic rings. The van der Waals surface area contributed by atoms with Crippen molar-refractivity contribution in [1.29, 1.82) is 0 Å². The van der Waals surface area contributed by atoms with Gasteiger partial charge in [-0.05, 0) is 24.7 Å². The van der Waals surface area contributed by atoms with Gasteiger partial charge in [0.25, 0.3) is 0 Å². The largest absolute Gasteiger partial charge is 0.478 e. The van der Waals surface area contributed by atoms with Crippen molar-refractivity contribution in [2.75, 3.05) is 33.2 Å². The van der Waals surface area contributed by atoms with Gasteiger partial charge in [0.2, 0.25) is 0 Å². The van der Waals surface area contributed by atoms with E-state index in [1.165, 1.54) is 12.1 Å². The molecule has 1 aromatic rings. The fourth-order valence-corrected chi connectivity index (χ4v) is 2.10. The van der Waals surface area contributed by atoms with Gasteiger partial charge in [0.1, 0.15) is 5.82 Å². The van der Waals surface area contributed by atoms with Crippen LogP contribution in [0.4, 0.5) is 4.39 Å². The number of likely N-dealkylation sites (N-methyl/N-ethyl adjacent to an activating group) is 1. The third-order valence-corrected chi connectivity index (χ3v) is 3.26. The maximum absolute atomic E-state index is 13.2. The van der Waals surface area contributed by atoms with Crippen LogP contribution in [0.5, 0.6) is 0 Å². The Morgan fingerprint density at radius 2 is 2.00 bits per heavy atom. The Kier molecular flexibility index (Phi) is 3.93.